The molecule has 0 aliphatic rings. The van der Waals surface area contributed by atoms with Gasteiger partial charge in [0.15, 0.2) is 0 Å². The molecule has 1 heterocycles. The number of rotatable bonds is 3. The molecule has 78 valence electrons. The zero-order valence-corrected chi connectivity index (χ0v) is 10.2. The van der Waals surface area contributed by atoms with Crippen LogP contribution in [0.1, 0.15) is 32.3 Å². The van der Waals surface area contributed by atoms with E-state index in [1.165, 1.54) is 0 Å². The molecule has 0 amide bonds. The minimum Gasteiger partial charge on any atom is -0.263 e. The van der Waals surface area contributed by atoms with E-state index < -0.39 is 0 Å². The van der Waals surface area contributed by atoms with Crippen molar-refractivity contribution in [2.24, 2.45) is 5.92 Å². The smallest absolute Gasteiger partial charge is 0.0624 e. The van der Waals surface area contributed by atoms with E-state index in [0.29, 0.717) is 10.9 Å². The van der Waals surface area contributed by atoms with Crippen molar-refractivity contribution in [3.05, 3.63) is 29.0 Å². The second kappa shape index (κ2) is 4.99. The Labute approximate surface area is 95.4 Å². The zero-order valence-electron chi connectivity index (χ0n) is 8.67. The summed E-state index contributed by atoms with van der Waals surface area (Å²) >= 11 is 12.3. The molecule has 1 aromatic heterocycles. The van der Waals surface area contributed by atoms with Crippen LogP contribution in [0.25, 0.3) is 0 Å². The molecule has 0 radical (unpaired) electrons. The Hall–Kier alpha value is -0.270. The van der Waals surface area contributed by atoms with Gasteiger partial charge in [0.1, 0.15) is 0 Å². The third-order valence-electron chi connectivity index (χ3n) is 2.38. The fraction of sp³-hybridized carbons (Fsp3) is 0.545. The first-order chi connectivity index (χ1) is 6.54. The quantitative estimate of drug-likeness (QED) is 0.715. The minimum absolute atomic E-state index is 0.0786. The summed E-state index contributed by atoms with van der Waals surface area (Å²) in [4.78, 5) is 3.97. The molecular formula is C11H15Cl2N. The van der Waals surface area contributed by atoms with Crippen LogP contribution in [0, 0.1) is 5.92 Å². The lowest BCUT2D eigenvalue weighted by molar-refractivity contribution is 0.490. The molecule has 0 N–H and O–H groups in total. The largest absolute Gasteiger partial charge is 0.263 e. The van der Waals surface area contributed by atoms with Crippen LogP contribution in [0.4, 0.5) is 0 Å². The molecule has 3 heteroatoms. The van der Waals surface area contributed by atoms with Crippen LogP contribution in [0.15, 0.2) is 18.5 Å². The van der Waals surface area contributed by atoms with Gasteiger partial charge in [0.25, 0.3) is 0 Å². The molecule has 0 aliphatic carbocycles. The van der Waals surface area contributed by atoms with E-state index in [1.54, 1.807) is 12.4 Å². The summed E-state index contributed by atoms with van der Waals surface area (Å²) in [7, 11) is 0. The number of halogens is 2. The third-order valence-corrected chi connectivity index (χ3v) is 2.96. The maximum absolute atomic E-state index is 6.17. The molecule has 0 bridgehead atoms. The molecule has 0 aromatic carbocycles. The lowest BCUT2D eigenvalue weighted by Gasteiger charge is -2.24. The van der Waals surface area contributed by atoms with Gasteiger partial charge in [-0.25, -0.2) is 0 Å². The average molecular weight is 232 g/mol. The number of alkyl halides is 1. The van der Waals surface area contributed by atoms with Crippen molar-refractivity contribution < 1.29 is 0 Å². The molecular weight excluding hydrogens is 217 g/mol. The highest BCUT2D eigenvalue weighted by atomic mass is 35.5. The van der Waals surface area contributed by atoms with Gasteiger partial charge in [0.05, 0.1) is 5.02 Å². The Morgan fingerprint density at radius 3 is 2.36 bits per heavy atom. The van der Waals surface area contributed by atoms with Gasteiger partial charge < -0.3 is 0 Å². The van der Waals surface area contributed by atoms with E-state index >= 15 is 0 Å². The first-order valence-electron chi connectivity index (χ1n) is 4.77. The average Bonchev–Trinajstić information content (AvgIpc) is 2.07. The highest BCUT2D eigenvalue weighted by Gasteiger charge is 2.23. The number of pyridine rings is 1. The fourth-order valence-electron chi connectivity index (χ4n) is 1.79. The van der Waals surface area contributed by atoms with E-state index in [4.69, 9.17) is 23.2 Å². The van der Waals surface area contributed by atoms with Crippen molar-refractivity contribution in [2.45, 2.75) is 32.1 Å². The summed E-state index contributed by atoms with van der Waals surface area (Å²) in [5, 5.41) is 0.786. The lowest BCUT2D eigenvalue weighted by Crippen LogP contribution is -2.16. The minimum atomic E-state index is 0.0786. The molecule has 1 rings (SSSR count). The maximum atomic E-state index is 6.17. The van der Waals surface area contributed by atoms with Gasteiger partial charge in [-0.15, -0.1) is 11.6 Å². The van der Waals surface area contributed by atoms with Crippen molar-refractivity contribution in [3.63, 3.8) is 0 Å². The van der Waals surface area contributed by atoms with E-state index in [1.807, 2.05) is 13.0 Å². The van der Waals surface area contributed by atoms with Gasteiger partial charge in [-0.05, 0) is 24.5 Å². The van der Waals surface area contributed by atoms with Gasteiger partial charge in [0, 0.05) is 23.7 Å². The Balaban J connectivity index is 3.05. The molecule has 1 aromatic rings. The monoisotopic (exact) mass is 231 g/mol. The highest BCUT2D eigenvalue weighted by molar-refractivity contribution is 6.31. The maximum Gasteiger partial charge on any atom is 0.0624 e. The second-order valence-electron chi connectivity index (χ2n) is 3.84. The molecule has 0 saturated heterocycles. The number of hydrogen-bond donors (Lipinski definition) is 0. The Morgan fingerprint density at radius 1 is 1.29 bits per heavy atom. The predicted molar refractivity (Wildman–Crippen MR) is 62.1 cm³/mol. The Morgan fingerprint density at radius 2 is 1.93 bits per heavy atom. The van der Waals surface area contributed by atoms with Crippen LogP contribution in [0.2, 0.25) is 5.02 Å². The SMILES string of the molecule is CC(C)C(c1ccncc1Cl)C(C)Cl. The molecule has 2 atom stereocenters. The Kier molecular flexibility index (Phi) is 4.21. The number of aromatic nitrogens is 1. The summed E-state index contributed by atoms with van der Waals surface area (Å²) in [5.74, 6) is 0.759. The van der Waals surface area contributed by atoms with E-state index in [9.17, 15) is 0 Å². The molecule has 0 spiro atoms. The normalized spacial score (nSPS) is 15.6. The van der Waals surface area contributed by atoms with Gasteiger partial charge >= 0.3 is 0 Å². The summed E-state index contributed by atoms with van der Waals surface area (Å²) in [6, 6.07) is 1.95. The first kappa shape index (κ1) is 11.8. The fourth-order valence-corrected chi connectivity index (χ4v) is 2.47. The highest BCUT2D eigenvalue weighted by Crippen LogP contribution is 2.34. The van der Waals surface area contributed by atoms with E-state index in [-0.39, 0.29) is 11.3 Å². The van der Waals surface area contributed by atoms with Gasteiger partial charge in [-0.1, -0.05) is 25.4 Å². The number of nitrogens with zero attached hydrogens (tertiary/aromatic N) is 1. The van der Waals surface area contributed by atoms with Crippen LogP contribution in [0.3, 0.4) is 0 Å². The molecule has 1 nitrogen and oxygen atoms in total. The van der Waals surface area contributed by atoms with Crippen molar-refractivity contribution in [3.8, 4) is 0 Å². The van der Waals surface area contributed by atoms with E-state index in [2.05, 4.69) is 18.8 Å². The van der Waals surface area contributed by atoms with Crippen molar-refractivity contribution in [1.82, 2.24) is 4.98 Å². The second-order valence-corrected chi connectivity index (χ2v) is 4.94. The number of hydrogen-bond acceptors (Lipinski definition) is 1. The van der Waals surface area contributed by atoms with Crippen molar-refractivity contribution in [2.75, 3.05) is 0 Å². The van der Waals surface area contributed by atoms with Crippen molar-refractivity contribution in [1.29, 1.82) is 0 Å². The molecule has 0 saturated carbocycles. The molecule has 0 aliphatic heterocycles. The van der Waals surface area contributed by atoms with Gasteiger partial charge in [-0.2, -0.15) is 0 Å². The van der Waals surface area contributed by atoms with Crippen LogP contribution in [-0.2, 0) is 0 Å². The first-order valence-corrected chi connectivity index (χ1v) is 5.59. The standard InChI is InChI=1S/C11H15Cl2N/c1-7(2)11(8(3)12)9-4-5-14-6-10(9)13/h4-8,11H,1-3H3. The lowest BCUT2D eigenvalue weighted by atomic mass is 9.86. The zero-order chi connectivity index (χ0) is 10.7. The summed E-state index contributed by atoms with van der Waals surface area (Å²) in [6.07, 6.45) is 3.43. The van der Waals surface area contributed by atoms with Gasteiger partial charge in [-0.3, -0.25) is 4.98 Å². The van der Waals surface area contributed by atoms with E-state index in [0.717, 1.165) is 5.56 Å². The van der Waals surface area contributed by atoms with Crippen molar-refractivity contribution >= 4 is 23.2 Å². The van der Waals surface area contributed by atoms with Crippen LogP contribution >= 0.6 is 23.2 Å². The topological polar surface area (TPSA) is 12.9 Å². The summed E-state index contributed by atoms with van der Waals surface area (Å²) in [6.45, 7) is 6.31. The van der Waals surface area contributed by atoms with Crippen LogP contribution in [-0.4, -0.2) is 10.4 Å². The van der Waals surface area contributed by atoms with Crippen LogP contribution in [0.5, 0.6) is 0 Å². The summed E-state index contributed by atoms with van der Waals surface area (Å²) in [5.41, 5.74) is 1.10. The third kappa shape index (κ3) is 2.61. The Bertz CT molecular complexity index is 289. The predicted octanol–water partition coefficient (Wildman–Crippen LogP) is 4.10. The summed E-state index contributed by atoms with van der Waals surface area (Å²) < 4.78 is 0. The molecule has 2 unspecified atom stereocenters. The molecule has 0 fully saturated rings. The molecule has 14 heavy (non-hydrogen) atoms. The van der Waals surface area contributed by atoms with Gasteiger partial charge in [0.2, 0.25) is 0 Å². The van der Waals surface area contributed by atoms with Crippen LogP contribution < -0.4 is 0 Å².